The molecule has 0 unspecified atom stereocenters. The lowest BCUT2D eigenvalue weighted by Crippen LogP contribution is -2.00. The Balaban J connectivity index is 2.48. The standard InChI is InChI=1S/C14H10Cl3NO/c1-8-6-7-10(15)13(12(8)16)18-11-5-3-2-4-9(11)14(17)19/h2-7,18H,1H3. The first-order valence-corrected chi connectivity index (χ1v) is 6.64. The largest absolute Gasteiger partial charge is 0.352 e. The second-order valence-corrected chi connectivity index (χ2v) is 5.13. The molecular formula is C14H10Cl3NO. The average molecular weight is 315 g/mol. The van der Waals surface area contributed by atoms with Gasteiger partial charge in [-0.25, -0.2) is 0 Å². The molecule has 0 aromatic heterocycles. The molecule has 0 saturated carbocycles. The number of aryl methyl sites for hydroxylation is 1. The second-order valence-electron chi connectivity index (χ2n) is 4.00. The number of anilines is 2. The molecular weight excluding hydrogens is 305 g/mol. The van der Waals surface area contributed by atoms with Crippen molar-refractivity contribution in [1.82, 2.24) is 0 Å². The van der Waals surface area contributed by atoms with Gasteiger partial charge in [0.25, 0.3) is 5.24 Å². The van der Waals surface area contributed by atoms with Crippen LogP contribution in [0, 0.1) is 6.92 Å². The van der Waals surface area contributed by atoms with Crippen molar-refractivity contribution in [2.45, 2.75) is 6.92 Å². The van der Waals surface area contributed by atoms with Crippen molar-refractivity contribution in [1.29, 1.82) is 0 Å². The summed E-state index contributed by atoms with van der Waals surface area (Å²) in [4.78, 5) is 11.4. The van der Waals surface area contributed by atoms with Crippen LogP contribution in [0.5, 0.6) is 0 Å². The van der Waals surface area contributed by atoms with Gasteiger partial charge in [-0.15, -0.1) is 0 Å². The third kappa shape index (κ3) is 3.03. The number of benzene rings is 2. The number of carbonyl (C=O) groups excluding carboxylic acids is 1. The Morgan fingerprint density at radius 3 is 2.47 bits per heavy atom. The van der Waals surface area contributed by atoms with E-state index in [0.29, 0.717) is 27.0 Å². The Labute approximate surface area is 126 Å². The van der Waals surface area contributed by atoms with Crippen LogP contribution in [0.3, 0.4) is 0 Å². The summed E-state index contributed by atoms with van der Waals surface area (Å²) >= 11 is 17.9. The Bertz CT molecular complexity index is 641. The minimum Gasteiger partial charge on any atom is -0.352 e. The second kappa shape index (κ2) is 5.83. The number of carbonyl (C=O) groups is 1. The molecule has 0 atom stereocenters. The molecule has 2 aromatic rings. The summed E-state index contributed by atoms with van der Waals surface area (Å²) < 4.78 is 0. The molecule has 19 heavy (non-hydrogen) atoms. The van der Waals surface area contributed by atoms with Gasteiger partial charge >= 0.3 is 0 Å². The summed E-state index contributed by atoms with van der Waals surface area (Å²) in [6.45, 7) is 1.88. The number of para-hydroxylation sites is 1. The van der Waals surface area contributed by atoms with Crippen molar-refractivity contribution in [3.63, 3.8) is 0 Å². The molecule has 1 N–H and O–H groups in total. The SMILES string of the molecule is Cc1ccc(Cl)c(Nc2ccccc2C(=O)Cl)c1Cl. The zero-order valence-electron chi connectivity index (χ0n) is 10.0. The first-order chi connectivity index (χ1) is 9.00. The van der Waals surface area contributed by atoms with Gasteiger partial charge < -0.3 is 5.32 Å². The average Bonchev–Trinajstić information content (AvgIpc) is 2.39. The molecule has 0 heterocycles. The zero-order chi connectivity index (χ0) is 14.0. The first-order valence-electron chi connectivity index (χ1n) is 5.51. The number of halogens is 3. The number of hydrogen-bond donors (Lipinski definition) is 1. The van der Waals surface area contributed by atoms with Crippen LogP contribution in [-0.2, 0) is 0 Å². The van der Waals surface area contributed by atoms with E-state index in [0.717, 1.165) is 5.56 Å². The summed E-state index contributed by atoms with van der Waals surface area (Å²) in [6.07, 6.45) is 0. The Morgan fingerprint density at radius 2 is 1.79 bits per heavy atom. The van der Waals surface area contributed by atoms with Gasteiger partial charge in [0.2, 0.25) is 0 Å². The monoisotopic (exact) mass is 313 g/mol. The normalized spacial score (nSPS) is 10.3. The van der Waals surface area contributed by atoms with E-state index in [9.17, 15) is 4.79 Å². The van der Waals surface area contributed by atoms with Crippen LogP contribution in [0.4, 0.5) is 11.4 Å². The van der Waals surface area contributed by atoms with E-state index in [2.05, 4.69) is 5.32 Å². The van der Waals surface area contributed by atoms with Gasteiger partial charge in [0.1, 0.15) is 0 Å². The van der Waals surface area contributed by atoms with Crippen LogP contribution >= 0.6 is 34.8 Å². The van der Waals surface area contributed by atoms with Gasteiger partial charge in [-0.05, 0) is 42.3 Å². The van der Waals surface area contributed by atoms with Crippen molar-refractivity contribution < 1.29 is 4.79 Å². The molecule has 98 valence electrons. The molecule has 2 aromatic carbocycles. The van der Waals surface area contributed by atoms with Crippen LogP contribution in [0.15, 0.2) is 36.4 Å². The summed E-state index contributed by atoms with van der Waals surface area (Å²) in [7, 11) is 0. The van der Waals surface area contributed by atoms with Gasteiger partial charge in [0, 0.05) is 0 Å². The van der Waals surface area contributed by atoms with Gasteiger partial charge in [0.05, 0.1) is 27.0 Å². The highest BCUT2D eigenvalue weighted by molar-refractivity contribution is 6.68. The lowest BCUT2D eigenvalue weighted by molar-refractivity contribution is 0.108. The summed E-state index contributed by atoms with van der Waals surface area (Å²) in [6, 6.07) is 10.5. The maximum absolute atomic E-state index is 11.4. The molecule has 0 aliphatic heterocycles. The fourth-order valence-corrected chi connectivity index (χ4v) is 2.30. The maximum atomic E-state index is 11.4. The predicted molar refractivity (Wildman–Crippen MR) is 81.1 cm³/mol. The topological polar surface area (TPSA) is 29.1 Å². The lowest BCUT2D eigenvalue weighted by atomic mass is 10.1. The number of nitrogens with one attached hydrogen (secondary N) is 1. The summed E-state index contributed by atoms with van der Waals surface area (Å²) in [5.74, 6) is 0. The van der Waals surface area contributed by atoms with Crippen LogP contribution in [0.2, 0.25) is 10.0 Å². The summed E-state index contributed by atoms with van der Waals surface area (Å²) in [5, 5.41) is 3.52. The molecule has 0 saturated heterocycles. The van der Waals surface area contributed by atoms with Crippen LogP contribution in [0.1, 0.15) is 15.9 Å². The number of rotatable bonds is 3. The third-order valence-electron chi connectivity index (χ3n) is 2.68. The molecule has 0 amide bonds. The molecule has 0 fully saturated rings. The van der Waals surface area contributed by atoms with E-state index < -0.39 is 5.24 Å². The highest BCUT2D eigenvalue weighted by atomic mass is 35.5. The smallest absolute Gasteiger partial charge is 0.254 e. The third-order valence-corrected chi connectivity index (χ3v) is 3.69. The molecule has 0 spiro atoms. The van der Waals surface area contributed by atoms with Gasteiger partial charge in [-0.2, -0.15) is 0 Å². The van der Waals surface area contributed by atoms with E-state index in [-0.39, 0.29) is 0 Å². The molecule has 0 aliphatic rings. The lowest BCUT2D eigenvalue weighted by Gasteiger charge is -2.14. The van der Waals surface area contributed by atoms with Crippen LogP contribution in [0.25, 0.3) is 0 Å². The summed E-state index contributed by atoms with van der Waals surface area (Å²) in [5.41, 5.74) is 2.40. The first kappa shape index (κ1) is 14.2. The molecule has 2 nitrogen and oxygen atoms in total. The van der Waals surface area contributed by atoms with Gasteiger partial charge in [-0.1, -0.05) is 41.4 Å². The fourth-order valence-electron chi connectivity index (χ4n) is 1.67. The van der Waals surface area contributed by atoms with E-state index >= 15 is 0 Å². The van der Waals surface area contributed by atoms with Crippen molar-refractivity contribution in [2.24, 2.45) is 0 Å². The maximum Gasteiger partial charge on any atom is 0.254 e. The van der Waals surface area contributed by atoms with E-state index in [1.165, 1.54) is 0 Å². The minimum atomic E-state index is -0.539. The van der Waals surface area contributed by atoms with Crippen molar-refractivity contribution in [3.8, 4) is 0 Å². The molecule has 2 rings (SSSR count). The highest BCUT2D eigenvalue weighted by Crippen LogP contribution is 2.36. The number of hydrogen-bond acceptors (Lipinski definition) is 2. The Kier molecular flexibility index (Phi) is 4.35. The van der Waals surface area contributed by atoms with Crippen molar-refractivity contribution in [3.05, 3.63) is 57.6 Å². The Hall–Kier alpha value is -1.22. The van der Waals surface area contributed by atoms with Crippen LogP contribution < -0.4 is 5.32 Å². The van der Waals surface area contributed by atoms with E-state index in [1.54, 1.807) is 30.3 Å². The van der Waals surface area contributed by atoms with Gasteiger partial charge in [-0.3, -0.25) is 4.79 Å². The fraction of sp³-hybridized carbons (Fsp3) is 0.0714. The molecule has 0 radical (unpaired) electrons. The minimum absolute atomic E-state index is 0.373. The van der Waals surface area contributed by atoms with Crippen molar-refractivity contribution in [2.75, 3.05) is 5.32 Å². The predicted octanol–water partition coefficient (Wildman–Crippen LogP) is 5.42. The van der Waals surface area contributed by atoms with Crippen LogP contribution in [-0.4, -0.2) is 5.24 Å². The van der Waals surface area contributed by atoms with E-state index in [4.69, 9.17) is 34.8 Å². The van der Waals surface area contributed by atoms with Gasteiger partial charge in [0.15, 0.2) is 0 Å². The molecule has 0 aliphatic carbocycles. The highest BCUT2D eigenvalue weighted by Gasteiger charge is 2.13. The van der Waals surface area contributed by atoms with Crippen molar-refractivity contribution >= 4 is 51.4 Å². The Morgan fingerprint density at radius 1 is 1.11 bits per heavy atom. The molecule has 5 heteroatoms. The molecule has 0 bridgehead atoms. The quantitative estimate of drug-likeness (QED) is 0.766. The zero-order valence-corrected chi connectivity index (χ0v) is 12.3. The van der Waals surface area contributed by atoms with E-state index in [1.807, 2.05) is 13.0 Å².